The molecule has 1 N–H and O–H groups in total. The third-order valence-corrected chi connectivity index (χ3v) is 4.39. The predicted molar refractivity (Wildman–Crippen MR) is 68.5 cm³/mol. The maximum atomic E-state index is 6.33. The summed E-state index contributed by atoms with van der Waals surface area (Å²) in [4.78, 5) is 0. The summed E-state index contributed by atoms with van der Waals surface area (Å²) in [6.45, 7) is 6.86. The zero-order valence-corrected chi connectivity index (χ0v) is 11.0. The lowest BCUT2D eigenvalue weighted by Gasteiger charge is -2.27. The van der Waals surface area contributed by atoms with E-state index >= 15 is 0 Å². The summed E-state index contributed by atoms with van der Waals surface area (Å²) in [6, 6.07) is 0. The molecule has 2 unspecified atom stereocenters. The first-order valence-corrected chi connectivity index (χ1v) is 7.06. The summed E-state index contributed by atoms with van der Waals surface area (Å²) in [5, 5.41) is 4.03. The quantitative estimate of drug-likeness (QED) is 0.686. The van der Waals surface area contributed by atoms with Gasteiger partial charge in [0.05, 0.1) is 0 Å². The molecule has 2 atom stereocenters. The Kier molecular flexibility index (Phi) is 6.67. The van der Waals surface area contributed by atoms with Gasteiger partial charge in [0.15, 0.2) is 0 Å². The first-order chi connectivity index (χ1) is 7.27. The highest BCUT2D eigenvalue weighted by molar-refractivity contribution is 6.20. The fraction of sp³-hybridized carbons (Fsp3) is 1.00. The molecule has 0 amide bonds. The van der Waals surface area contributed by atoms with E-state index in [1.165, 1.54) is 45.1 Å². The molecule has 15 heavy (non-hydrogen) atoms. The number of rotatable bonds is 6. The van der Waals surface area contributed by atoms with E-state index in [0.717, 1.165) is 18.4 Å². The van der Waals surface area contributed by atoms with Crippen LogP contribution in [0.1, 0.15) is 52.4 Å². The van der Waals surface area contributed by atoms with Crippen molar-refractivity contribution in [2.75, 3.05) is 13.1 Å². The van der Waals surface area contributed by atoms with E-state index in [9.17, 15) is 0 Å². The lowest BCUT2D eigenvalue weighted by molar-refractivity contribution is 0.334. The molecule has 1 rings (SSSR count). The van der Waals surface area contributed by atoms with Crippen LogP contribution in [-0.4, -0.2) is 18.5 Å². The molecule has 1 aliphatic carbocycles. The Morgan fingerprint density at radius 1 is 1.20 bits per heavy atom. The van der Waals surface area contributed by atoms with E-state index in [4.69, 9.17) is 11.6 Å². The summed E-state index contributed by atoms with van der Waals surface area (Å²) >= 11 is 6.33. The van der Waals surface area contributed by atoms with Crippen LogP contribution in [0.2, 0.25) is 0 Å². The van der Waals surface area contributed by atoms with Gasteiger partial charge in [-0.25, -0.2) is 0 Å². The van der Waals surface area contributed by atoms with Crippen LogP contribution in [0.15, 0.2) is 0 Å². The third-order valence-electron chi connectivity index (χ3n) is 3.81. The maximum absolute atomic E-state index is 6.33. The van der Waals surface area contributed by atoms with E-state index in [-0.39, 0.29) is 0 Å². The first-order valence-electron chi connectivity index (χ1n) is 6.62. The van der Waals surface area contributed by atoms with Gasteiger partial charge in [-0.3, -0.25) is 0 Å². The molecule has 0 aromatic rings. The molecule has 0 bridgehead atoms. The highest BCUT2D eigenvalue weighted by atomic mass is 35.5. The van der Waals surface area contributed by atoms with Crippen LogP contribution in [-0.2, 0) is 0 Å². The molecule has 2 heteroatoms. The lowest BCUT2D eigenvalue weighted by atomic mass is 9.88. The molecule has 0 heterocycles. The monoisotopic (exact) mass is 231 g/mol. The van der Waals surface area contributed by atoms with Crippen molar-refractivity contribution in [3.8, 4) is 0 Å². The van der Waals surface area contributed by atoms with Crippen LogP contribution in [0.3, 0.4) is 0 Å². The lowest BCUT2D eigenvalue weighted by Crippen LogP contribution is -2.33. The molecule has 0 aromatic heterocycles. The molecule has 1 saturated carbocycles. The van der Waals surface area contributed by atoms with Crippen LogP contribution in [0, 0.1) is 11.8 Å². The van der Waals surface area contributed by atoms with E-state index in [1.54, 1.807) is 0 Å². The van der Waals surface area contributed by atoms with Crippen LogP contribution in [0.25, 0.3) is 0 Å². The van der Waals surface area contributed by atoms with Crippen molar-refractivity contribution in [3.63, 3.8) is 0 Å². The highest BCUT2D eigenvalue weighted by Gasteiger charge is 2.22. The van der Waals surface area contributed by atoms with Gasteiger partial charge < -0.3 is 5.32 Å². The van der Waals surface area contributed by atoms with Crippen LogP contribution in [0.4, 0.5) is 0 Å². The summed E-state index contributed by atoms with van der Waals surface area (Å²) in [5.74, 6) is 1.57. The van der Waals surface area contributed by atoms with E-state index in [2.05, 4.69) is 19.2 Å². The minimum atomic E-state index is 0.424. The van der Waals surface area contributed by atoms with Gasteiger partial charge in [0, 0.05) is 5.38 Å². The molecule has 1 fully saturated rings. The smallest absolute Gasteiger partial charge is 0.0376 e. The third kappa shape index (κ3) is 4.74. The average molecular weight is 232 g/mol. The molecule has 90 valence electrons. The van der Waals surface area contributed by atoms with Crippen molar-refractivity contribution in [1.82, 2.24) is 5.32 Å². The molecule has 0 saturated heterocycles. The summed E-state index contributed by atoms with van der Waals surface area (Å²) < 4.78 is 0. The topological polar surface area (TPSA) is 12.0 Å². The molecule has 0 aromatic carbocycles. The fourth-order valence-electron chi connectivity index (χ4n) is 2.44. The molecule has 0 radical (unpaired) electrons. The number of alkyl halides is 1. The van der Waals surface area contributed by atoms with E-state index in [1.807, 2.05) is 0 Å². The molecule has 0 spiro atoms. The SMILES string of the molecule is CCC(CC)CNCC1CCCCC1Cl. The summed E-state index contributed by atoms with van der Waals surface area (Å²) in [5.41, 5.74) is 0. The molecular weight excluding hydrogens is 206 g/mol. The van der Waals surface area contributed by atoms with Crippen molar-refractivity contribution in [2.45, 2.75) is 57.7 Å². The van der Waals surface area contributed by atoms with Crippen molar-refractivity contribution in [2.24, 2.45) is 11.8 Å². The van der Waals surface area contributed by atoms with Crippen molar-refractivity contribution in [1.29, 1.82) is 0 Å². The second-order valence-corrected chi connectivity index (χ2v) is 5.46. The van der Waals surface area contributed by atoms with Crippen LogP contribution >= 0.6 is 11.6 Å². The zero-order chi connectivity index (χ0) is 11.1. The van der Waals surface area contributed by atoms with Crippen molar-refractivity contribution >= 4 is 11.6 Å². The Bertz CT molecular complexity index is 157. The summed E-state index contributed by atoms with van der Waals surface area (Å²) in [6.07, 6.45) is 7.83. The van der Waals surface area contributed by atoms with Crippen molar-refractivity contribution < 1.29 is 0 Å². The second kappa shape index (κ2) is 7.51. The Balaban J connectivity index is 2.12. The number of hydrogen-bond acceptors (Lipinski definition) is 1. The second-order valence-electron chi connectivity index (χ2n) is 4.90. The number of nitrogens with one attached hydrogen (secondary N) is 1. The highest BCUT2D eigenvalue weighted by Crippen LogP contribution is 2.28. The van der Waals surface area contributed by atoms with Gasteiger partial charge in [-0.1, -0.05) is 39.5 Å². The van der Waals surface area contributed by atoms with Gasteiger partial charge >= 0.3 is 0 Å². The van der Waals surface area contributed by atoms with Crippen molar-refractivity contribution in [3.05, 3.63) is 0 Å². The minimum absolute atomic E-state index is 0.424. The Morgan fingerprint density at radius 3 is 2.47 bits per heavy atom. The average Bonchev–Trinajstić information content (AvgIpc) is 2.27. The zero-order valence-electron chi connectivity index (χ0n) is 10.3. The largest absolute Gasteiger partial charge is 0.316 e. The minimum Gasteiger partial charge on any atom is -0.316 e. The van der Waals surface area contributed by atoms with E-state index < -0.39 is 0 Å². The number of halogens is 1. The Labute approximate surface area is 100.0 Å². The number of hydrogen-bond donors (Lipinski definition) is 1. The first kappa shape index (κ1) is 13.3. The van der Waals surface area contributed by atoms with Gasteiger partial charge in [-0.15, -0.1) is 11.6 Å². The molecule has 1 aliphatic rings. The predicted octanol–water partition coefficient (Wildman–Crippen LogP) is 3.81. The van der Waals surface area contributed by atoms with Crippen LogP contribution in [0.5, 0.6) is 0 Å². The molecule has 1 nitrogen and oxygen atoms in total. The van der Waals surface area contributed by atoms with Gasteiger partial charge in [0.2, 0.25) is 0 Å². The fourth-order valence-corrected chi connectivity index (χ4v) is 2.81. The van der Waals surface area contributed by atoms with Gasteiger partial charge in [0.25, 0.3) is 0 Å². The Hall–Kier alpha value is 0.250. The van der Waals surface area contributed by atoms with Gasteiger partial charge in [-0.05, 0) is 37.8 Å². The van der Waals surface area contributed by atoms with Crippen LogP contribution < -0.4 is 5.32 Å². The normalized spacial score (nSPS) is 27.2. The van der Waals surface area contributed by atoms with Gasteiger partial charge in [-0.2, -0.15) is 0 Å². The Morgan fingerprint density at radius 2 is 1.87 bits per heavy atom. The standard InChI is InChI=1S/C13H26ClN/c1-3-11(4-2)9-15-10-12-7-5-6-8-13(12)14/h11-13,15H,3-10H2,1-2H3. The molecular formula is C13H26ClN. The molecule has 0 aliphatic heterocycles. The maximum Gasteiger partial charge on any atom is 0.0376 e. The van der Waals surface area contributed by atoms with Gasteiger partial charge in [0.1, 0.15) is 0 Å². The van der Waals surface area contributed by atoms with E-state index in [0.29, 0.717) is 5.38 Å². The summed E-state index contributed by atoms with van der Waals surface area (Å²) in [7, 11) is 0.